The molecule has 0 aromatic rings. The first-order valence-electron chi connectivity index (χ1n) is 6.45. The smallest absolute Gasteiger partial charge is 0.209 e. The molecule has 0 spiro atoms. The van der Waals surface area contributed by atoms with Crippen LogP contribution in [-0.4, -0.2) is 42.7 Å². The molecule has 0 aromatic heterocycles. The van der Waals surface area contributed by atoms with Gasteiger partial charge < -0.3 is 9.64 Å². The van der Waals surface area contributed by atoms with Gasteiger partial charge in [-0.15, -0.1) is 0 Å². The molecule has 0 radical (unpaired) electrons. The maximum atomic E-state index is 5.61. The van der Waals surface area contributed by atoms with E-state index in [1.54, 1.807) is 7.11 Å². The summed E-state index contributed by atoms with van der Waals surface area (Å²) in [6.45, 7) is 7.08. The minimum absolute atomic E-state index is 0.122. The lowest BCUT2D eigenvalue weighted by Crippen LogP contribution is -2.50. The molecule has 5 heteroatoms. The van der Waals surface area contributed by atoms with Crippen molar-refractivity contribution in [2.24, 2.45) is 10.8 Å². The summed E-state index contributed by atoms with van der Waals surface area (Å²) in [5.74, 6) is 6.41. The molecule has 0 amide bonds. The SMILES string of the molecule is CCC1CCC(C)N1C(=NC(C)COC)NN. The van der Waals surface area contributed by atoms with E-state index in [2.05, 4.69) is 29.2 Å². The predicted octanol–water partition coefficient (Wildman–Crippen LogP) is 1.10. The van der Waals surface area contributed by atoms with E-state index in [1.165, 1.54) is 12.8 Å². The summed E-state index contributed by atoms with van der Waals surface area (Å²) in [7, 11) is 1.69. The van der Waals surface area contributed by atoms with Gasteiger partial charge in [0, 0.05) is 19.2 Å². The maximum absolute atomic E-state index is 5.61. The first-order valence-corrected chi connectivity index (χ1v) is 6.45. The van der Waals surface area contributed by atoms with Crippen LogP contribution in [0.2, 0.25) is 0 Å². The van der Waals surface area contributed by atoms with Crippen LogP contribution in [0.1, 0.15) is 40.0 Å². The minimum Gasteiger partial charge on any atom is -0.382 e. The zero-order valence-corrected chi connectivity index (χ0v) is 11.4. The zero-order valence-electron chi connectivity index (χ0n) is 11.4. The van der Waals surface area contributed by atoms with Crippen LogP contribution in [0.15, 0.2) is 4.99 Å². The third-order valence-corrected chi connectivity index (χ3v) is 3.38. The van der Waals surface area contributed by atoms with E-state index in [0.717, 1.165) is 12.4 Å². The van der Waals surface area contributed by atoms with E-state index < -0.39 is 0 Å². The van der Waals surface area contributed by atoms with E-state index in [9.17, 15) is 0 Å². The number of nitrogens with one attached hydrogen (secondary N) is 1. The van der Waals surface area contributed by atoms with Crippen molar-refractivity contribution < 1.29 is 4.74 Å². The fourth-order valence-corrected chi connectivity index (χ4v) is 2.52. The molecule has 0 saturated carbocycles. The van der Waals surface area contributed by atoms with Crippen LogP contribution in [-0.2, 0) is 4.74 Å². The maximum Gasteiger partial charge on any atom is 0.209 e. The summed E-state index contributed by atoms with van der Waals surface area (Å²) >= 11 is 0. The van der Waals surface area contributed by atoms with Crippen molar-refractivity contribution in [3.8, 4) is 0 Å². The van der Waals surface area contributed by atoms with Crippen LogP contribution >= 0.6 is 0 Å². The van der Waals surface area contributed by atoms with Gasteiger partial charge in [-0.25, -0.2) is 10.8 Å². The lowest BCUT2D eigenvalue weighted by Gasteiger charge is -2.31. The standard InChI is InChI=1S/C12H26N4O/c1-5-11-7-6-10(3)16(11)12(15-13)14-9(2)8-17-4/h9-11H,5-8,13H2,1-4H3,(H,14,15). The molecule has 100 valence electrons. The van der Waals surface area contributed by atoms with E-state index in [1.807, 2.05) is 6.92 Å². The Hall–Kier alpha value is -0.810. The van der Waals surface area contributed by atoms with Crippen LogP contribution in [0.4, 0.5) is 0 Å². The molecule has 1 heterocycles. The summed E-state index contributed by atoms with van der Waals surface area (Å²) < 4.78 is 5.10. The number of hydrazine groups is 1. The summed E-state index contributed by atoms with van der Waals surface area (Å²) in [4.78, 5) is 6.91. The summed E-state index contributed by atoms with van der Waals surface area (Å²) in [5, 5.41) is 0. The second-order valence-corrected chi connectivity index (χ2v) is 4.80. The quantitative estimate of drug-likeness (QED) is 0.335. The molecule has 3 atom stereocenters. The molecule has 0 aromatic carbocycles. The van der Waals surface area contributed by atoms with E-state index >= 15 is 0 Å². The van der Waals surface area contributed by atoms with Gasteiger partial charge in [-0.05, 0) is 33.1 Å². The Kier molecular flexibility index (Phi) is 5.71. The van der Waals surface area contributed by atoms with Crippen molar-refractivity contribution in [3.05, 3.63) is 0 Å². The van der Waals surface area contributed by atoms with Gasteiger partial charge in [0.15, 0.2) is 0 Å². The molecule has 3 N–H and O–H groups in total. The van der Waals surface area contributed by atoms with Crippen LogP contribution < -0.4 is 11.3 Å². The third kappa shape index (κ3) is 3.57. The number of nitrogens with zero attached hydrogens (tertiary/aromatic N) is 2. The Labute approximate surface area is 104 Å². The second kappa shape index (κ2) is 6.81. The lowest BCUT2D eigenvalue weighted by atomic mass is 10.2. The average molecular weight is 242 g/mol. The van der Waals surface area contributed by atoms with Crippen molar-refractivity contribution >= 4 is 5.96 Å². The van der Waals surface area contributed by atoms with Gasteiger partial charge in [0.05, 0.1) is 12.6 Å². The first-order chi connectivity index (χ1) is 8.13. The largest absolute Gasteiger partial charge is 0.382 e. The van der Waals surface area contributed by atoms with Gasteiger partial charge in [-0.3, -0.25) is 5.43 Å². The molecule has 1 rings (SSSR count). The number of hydrogen-bond acceptors (Lipinski definition) is 3. The van der Waals surface area contributed by atoms with E-state index in [4.69, 9.17) is 10.6 Å². The number of aliphatic imine (C=N–C) groups is 1. The van der Waals surface area contributed by atoms with Crippen LogP contribution in [0.25, 0.3) is 0 Å². The summed E-state index contributed by atoms with van der Waals surface area (Å²) in [6, 6.07) is 1.18. The van der Waals surface area contributed by atoms with Gasteiger partial charge in [0.25, 0.3) is 0 Å². The van der Waals surface area contributed by atoms with Gasteiger partial charge >= 0.3 is 0 Å². The van der Waals surface area contributed by atoms with Crippen molar-refractivity contribution in [3.63, 3.8) is 0 Å². The van der Waals surface area contributed by atoms with Crippen LogP contribution in [0.3, 0.4) is 0 Å². The number of rotatable bonds is 4. The van der Waals surface area contributed by atoms with E-state index in [-0.39, 0.29) is 6.04 Å². The highest BCUT2D eigenvalue weighted by molar-refractivity contribution is 5.80. The molecule has 0 bridgehead atoms. The topological polar surface area (TPSA) is 62.9 Å². The molecule has 17 heavy (non-hydrogen) atoms. The average Bonchev–Trinajstić information content (AvgIpc) is 2.68. The van der Waals surface area contributed by atoms with Crippen LogP contribution in [0, 0.1) is 0 Å². The van der Waals surface area contributed by atoms with E-state index in [0.29, 0.717) is 18.7 Å². The van der Waals surface area contributed by atoms with Crippen molar-refractivity contribution in [1.29, 1.82) is 0 Å². The predicted molar refractivity (Wildman–Crippen MR) is 70.7 cm³/mol. The third-order valence-electron chi connectivity index (χ3n) is 3.38. The van der Waals surface area contributed by atoms with Crippen molar-refractivity contribution in [2.75, 3.05) is 13.7 Å². The molecular weight excluding hydrogens is 216 g/mol. The highest BCUT2D eigenvalue weighted by Crippen LogP contribution is 2.25. The fraction of sp³-hybridized carbons (Fsp3) is 0.917. The number of nitrogens with two attached hydrogens (primary N) is 1. The Bertz CT molecular complexity index is 257. The number of hydrogen-bond donors (Lipinski definition) is 2. The van der Waals surface area contributed by atoms with Gasteiger partial charge in [0.1, 0.15) is 0 Å². The number of guanidine groups is 1. The summed E-state index contributed by atoms with van der Waals surface area (Å²) in [6.07, 6.45) is 3.55. The molecule has 5 nitrogen and oxygen atoms in total. The van der Waals surface area contributed by atoms with Gasteiger partial charge in [-0.2, -0.15) is 0 Å². The highest BCUT2D eigenvalue weighted by atomic mass is 16.5. The Morgan fingerprint density at radius 1 is 1.59 bits per heavy atom. The second-order valence-electron chi connectivity index (χ2n) is 4.80. The molecule has 1 aliphatic rings. The first kappa shape index (κ1) is 14.3. The van der Waals surface area contributed by atoms with Crippen molar-refractivity contribution in [2.45, 2.75) is 58.2 Å². The molecule has 1 fully saturated rings. The number of likely N-dealkylation sites (tertiary alicyclic amines) is 1. The Balaban J connectivity index is 2.77. The van der Waals surface area contributed by atoms with Crippen molar-refractivity contribution in [1.82, 2.24) is 10.3 Å². The molecule has 1 aliphatic heterocycles. The monoisotopic (exact) mass is 242 g/mol. The fourth-order valence-electron chi connectivity index (χ4n) is 2.52. The minimum atomic E-state index is 0.122. The lowest BCUT2D eigenvalue weighted by molar-refractivity contribution is 0.184. The summed E-state index contributed by atoms with van der Waals surface area (Å²) in [5.41, 5.74) is 2.75. The molecule has 0 aliphatic carbocycles. The molecular formula is C12H26N4O. The Morgan fingerprint density at radius 2 is 2.29 bits per heavy atom. The number of ether oxygens (including phenoxy) is 1. The highest BCUT2D eigenvalue weighted by Gasteiger charge is 2.31. The molecule has 1 saturated heterocycles. The van der Waals surface area contributed by atoms with Crippen LogP contribution in [0.5, 0.6) is 0 Å². The zero-order chi connectivity index (χ0) is 12.8. The number of methoxy groups -OCH3 is 1. The normalized spacial score (nSPS) is 27.4. The van der Waals surface area contributed by atoms with Gasteiger partial charge in [0.2, 0.25) is 5.96 Å². The van der Waals surface area contributed by atoms with Gasteiger partial charge in [-0.1, -0.05) is 6.92 Å². The Morgan fingerprint density at radius 3 is 2.82 bits per heavy atom. The molecule has 3 unspecified atom stereocenters.